The SMILES string of the molecule is CN(Cc1ccc(C(N)=O)cc1)C(=O)C1CC(=O)N(Cc2ccco2)C1. The van der Waals surface area contributed by atoms with Gasteiger partial charge in [0.05, 0.1) is 18.7 Å². The molecule has 0 radical (unpaired) electrons. The molecule has 1 aliphatic heterocycles. The van der Waals surface area contributed by atoms with E-state index in [1.54, 1.807) is 53.4 Å². The number of furan rings is 1. The average molecular weight is 355 g/mol. The highest BCUT2D eigenvalue weighted by molar-refractivity contribution is 5.92. The number of carbonyl (C=O) groups is 3. The van der Waals surface area contributed by atoms with Crippen molar-refractivity contribution >= 4 is 17.7 Å². The first-order chi connectivity index (χ1) is 12.4. The summed E-state index contributed by atoms with van der Waals surface area (Å²) in [6, 6.07) is 10.4. The van der Waals surface area contributed by atoms with Gasteiger partial charge in [0, 0.05) is 32.1 Å². The van der Waals surface area contributed by atoms with Crippen LogP contribution in [0.1, 0.15) is 28.1 Å². The van der Waals surface area contributed by atoms with E-state index in [2.05, 4.69) is 0 Å². The topological polar surface area (TPSA) is 96.8 Å². The Balaban J connectivity index is 1.58. The fourth-order valence-corrected chi connectivity index (χ4v) is 3.12. The van der Waals surface area contributed by atoms with Crippen LogP contribution in [0, 0.1) is 5.92 Å². The van der Waals surface area contributed by atoms with Gasteiger partial charge in [-0.25, -0.2) is 0 Å². The van der Waals surface area contributed by atoms with E-state index in [1.807, 2.05) is 6.07 Å². The Morgan fingerprint density at radius 2 is 2.00 bits per heavy atom. The third kappa shape index (κ3) is 3.93. The smallest absolute Gasteiger partial charge is 0.248 e. The summed E-state index contributed by atoms with van der Waals surface area (Å²) in [7, 11) is 1.71. The lowest BCUT2D eigenvalue weighted by Gasteiger charge is -2.21. The molecule has 1 fully saturated rings. The highest BCUT2D eigenvalue weighted by atomic mass is 16.3. The quantitative estimate of drug-likeness (QED) is 0.847. The lowest BCUT2D eigenvalue weighted by atomic mass is 10.1. The van der Waals surface area contributed by atoms with Crippen LogP contribution in [0.2, 0.25) is 0 Å². The zero-order valence-corrected chi connectivity index (χ0v) is 14.6. The molecule has 1 aromatic carbocycles. The van der Waals surface area contributed by atoms with Gasteiger partial charge in [-0.3, -0.25) is 14.4 Å². The van der Waals surface area contributed by atoms with E-state index in [0.29, 0.717) is 31.0 Å². The Labute approximate surface area is 151 Å². The number of primary amides is 1. The van der Waals surface area contributed by atoms with Crippen molar-refractivity contribution in [3.05, 3.63) is 59.5 Å². The fraction of sp³-hybridized carbons (Fsp3) is 0.316. The van der Waals surface area contributed by atoms with Gasteiger partial charge in [-0.2, -0.15) is 0 Å². The minimum atomic E-state index is -0.484. The van der Waals surface area contributed by atoms with Crippen molar-refractivity contribution < 1.29 is 18.8 Å². The largest absolute Gasteiger partial charge is 0.467 e. The number of hydrogen-bond acceptors (Lipinski definition) is 4. The van der Waals surface area contributed by atoms with E-state index in [9.17, 15) is 14.4 Å². The second-order valence-electron chi connectivity index (χ2n) is 6.51. The molecule has 7 heteroatoms. The van der Waals surface area contributed by atoms with Crippen LogP contribution in [0.3, 0.4) is 0 Å². The number of carbonyl (C=O) groups excluding carboxylic acids is 3. The molecule has 1 aliphatic rings. The van der Waals surface area contributed by atoms with Gasteiger partial charge in [-0.05, 0) is 29.8 Å². The molecular weight excluding hydrogens is 334 g/mol. The standard InChI is InChI=1S/C19H21N3O4/c1-21(10-13-4-6-14(7-5-13)18(20)24)19(25)15-9-17(23)22(11-15)12-16-3-2-8-26-16/h2-8,15H,9-12H2,1H3,(H2,20,24). The molecule has 136 valence electrons. The first-order valence-electron chi connectivity index (χ1n) is 8.38. The highest BCUT2D eigenvalue weighted by Gasteiger charge is 2.36. The molecule has 1 saturated heterocycles. The van der Waals surface area contributed by atoms with Crippen LogP contribution in [-0.2, 0) is 22.7 Å². The zero-order chi connectivity index (χ0) is 18.7. The molecule has 1 aromatic heterocycles. The van der Waals surface area contributed by atoms with Crippen molar-refractivity contribution in [1.29, 1.82) is 0 Å². The Kier molecular flexibility index (Phi) is 5.06. The van der Waals surface area contributed by atoms with Crippen molar-refractivity contribution in [3.8, 4) is 0 Å². The zero-order valence-electron chi connectivity index (χ0n) is 14.6. The molecule has 2 N–H and O–H groups in total. The molecule has 1 unspecified atom stereocenters. The maximum absolute atomic E-state index is 12.7. The van der Waals surface area contributed by atoms with Crippen molar-refractivity contribution in [2.24, 2.45) is 11.7 Å². The number of benzene rings is 1. The molecule has 3 amide bonds. The molecule has 1 atom stereocenters. The number of nitrogens with zero attached hydrogens (tertiary/aromatic N) is 2. The van der Waals surface area contributed by atoms with E-state index in [4.69, 9.17) is 10.2 Å². The Morgan fingerprint density at radius 1 is 1.27 bits per heavy atom. The number of hydrogen-bond donors (Lipinski definition) is 1. The van der Waals surface area contributed by atoms with E-state index in [1.165, 1.54) is 0 Å². The van der Waals surface area contributed by atoms with Crippen molar-refractivity contribution in [2.45, 2.75) is 19.5 Å². The predicted octanol–water partition coefficient (Wildman–Crippen LogP) is 1.39. The van der Waals surface area contributed by atoms with E-state index >= 15 is 0 Å². The molecule has 2 heterocycles. The molecule has 26 heavy (non-hydrogen) atoms. The second-order valence-corrected chi connectivity index (χ2v) is 6.51. The number of amides is 3. The summed E-state index contributed by atoms with van der Waals surface area (Å²) in [5.74, 6) is -0.248. The Bertz CT molecular complexity index is 799. The minimum absolute atomic E-state index is 0.0426. The summed E-state index contributed by atoms with van der Waals surface area (Å²) in [4.78, 5) is 39.2. The van der Waals surface area contributed by atoms with Crippen molar-refractivity contribution in [2.75, 3.05) is 13.6 Å². The monoisotopic (exact) mass is 355 g/mol. The second kappa shape index (κ2) is 7.43. The summed E-state index contributed by atoms with van der Waals surface area (Å²) in [6.07, 6.45) is 1.78. The van der Waals surface area contributed by atoms with Gasteiger partial charge in [0.2, 0.25) is 17.7 Å². The van der Waals surface area contributed by atoms with Crippen LogP contribution in [-0.4, -0.2) is 41.1 Å². The third-order valence-electron chi connectivity index (χ3n) is 4.52. The minimum Gasteiger partial charge on any atom is -0.467 e. The normalized spacial score (nSPS) is 16.7. The van der Waals surface area contributed by atoms with E-state index < -0.39 is 5.91 Å². The lowest BCUT2D eigenvalue weighted by Crippen LogP contribution is -2.34. The number of likely N-dealkylation sites (tertiary alicyclic amines) is 1. The van der Waals surface area contributed by atoms with E-state index in [-0.39, 0.29) is 24.2 Å². The first-order valence-corrected chi connectivity index (χ1v) is 8.38. The van der Waals surface area contributed by atoms with Gasteiger partial charge in [0.15, 0.2) is 0 Å². The molecule has 7 nitrogen and oxygen atoms in total. The van der Waals surface area contributed by atoms with Gasteiger partial charge >= 0.3 is 0 Å². The molecular formula is C19H21N3O4. The number of nitrogens with two attached hydrogens (primary N) is 1. The van der Waals surface area contributed by atoms with Crippen LogP contribution < -0.4 is 5.73 Å². The lowest BCUT2D eigenvalue weighted by molar-refractivity contribution is -0.135. The number of rotatable bonds is 6. The third-order valence-corrected chi connectivity index (χ3v) is 4.52. The Hall–Kier alpha value is -3.09. The maximum Gasteiger partial charge on any atom is 0.248 e. The molecule has 0 bridgehead atoms. The van der Waals surface area contributed by atoms with E-state index in [0.717, 1.165) is 5.56 Å². The van der Waals surface area contributed by atoms with Crippen LogP contribution >= 0.6 is 0 Å². The summed E-state index contributed by atoms with van der Waals surface area (Å²) < 4.78 is 5.27. The van der Waals surface area contributed by atoms with Gasteiger partial charge < -0.3 is 20.0 Å². The van der Waals surface area contributed by atoms with Crippen LogP contribution in [0.5, 0.6) is 0 Å². The fourth-order valence-electron chi connectivity index (χ4n) is 3.12. The predicted molar refractivity (Wildman–Crippen MR) is 93.7 cm³/mol. The van der Waals surface area contributed by atoms with Crippen molar-refractivity contribution in [1.82, 2.24) is 9.80 Å². The van der Waals surface area contributed by atoms with Crippen LogP contribution in [0.25, 0.3) is 0 Å². The molecule has 3 rings (SSSR count). The summed E-state index contributed by atoms with van der Waals surface area (Å²) in [5.41, 5.74) is 6.54. The van der Waals surface area contributed by atoms with Gasteiger partial charge in [0.25, 0.3) is 0 Å². The molecule has 2 aromatic rings. The van der Waals surface area contributed by atoms with Crippen LogP contribution in [0.15, 0.2) is 47.1 Å². The highest BCUT2D eigenvalue weighted by Crippen LogP contribution is 2.22. The maximum atomic E-state index is 12.7. The van der Waals surface area contributed by atoms with Gasteiger partial charge in [-0.15, -0.1) is 0 Å². The molecule has 0 aliphatic carbocycles. The summed E-state index contributed by atoms with van der Waals surface area (Å²) in [6.45, 7) is 1.18. The molecule has 0 saturated carbocycles. The Morgan fingerprint density at radius 3 is 2.62 bits per heavy atom. The first kappa shape index (κ1) is 17.7. The summed E-state index contributed by atoms with van der Waals surface area (Å²) >= 11 is 0. The summed E-state index contributed by atoms with van der Waals surface area (Å²) in [5, 5.41) is 0. The average Bonchev–Trinajstić information content (AvgIpc) is 3.25. The van der Waals surface area contributed by atoms with Crippen molar-refractivity contribution in [3.63, 3.8) is 0 Å². The molecule has 0 spiro atoms. The van der Waals surface area contributed by atoms with Crippen LogP contribution in [0.4, 0.5) is 0 Å². The van der Waals surface area contributed by atoms with Gasteiger partial charge in [0.1, 0.15) is 5.76 Å². The van der Waals surface area contributed by atoms with Gasteiger partial charge in [-0.1, -0.05) is 12.1 Å².